The molecule has 1 N–H and O–H groups in total. The molecule has 1 aromatic rings. The molecule has 1 saturated heterocycles. The van der Waals surface area contributed by atoms with Crippen molar-refractivity contribution >= 4 is 15.7 Å². The van der Waals surface area contributed by atoms with Crippen molar-refractivity contribution in [2.45, 2.75) is 17.9 Å². The lowest BCUT2D eigenvalue weighted by Crippen LogP contribution is -2.50. The SMILES string of the molecule is CC#CC1CNCCN1c1ccc(S(=O)(=O)N(C)C)cc1. The number of hydrogen-bond acceptors (Lipinski definition) is 4. The van der Waals surface area contributed by atoms with Gasteiger partial charge in [-0.15, -0.1) is 5.92 Å². The van der Waals surface area contributed by atoms with Crippen LogP contribution in [0.4, 0.5) is 5.69 Å². The largest absolute Gasteiger partial charge is 0.355 e. The Hall–Kier alpha value is -1.55. The number of nitrogens with zero attached hydrogens (tertiary/aromatic N) is 2. The number of benzene rings is 1. The van der Waals surface area contributed by atoms with E-state index in [4.69, 9.17) is 0 Å². The highest BCUT2D eigenvalue weighted by Crippen LogP contribution is 2.22. The highest BCUT2D eigenvalue weighted by Gasteiger charge is 2.22. The molecule has 1 aromatic carbocycles. The first-order valence-corrected chi connectivity index (χ1v) is 8.33. The van der Waals surface area contributed by atoms with Crippen LogP contribution in [0.3, 0.4) is 0 Å². The van der Waals surface area contributed by atoms with E-state index in [2.05, 4.69) is 22.1 Å². The molecule has 2 rings (SSSR count). The van der Waals surface area contributed by atoms with Crippen LogP contribution in [0.2, 0.25) is 0 Å². The van der Waals surface area contributed by atoms with Crippen molar-refractivity contribution in [3.8, 4) is 11.8 Å². The molecule has 21 heavy (non-hydrogen) atoms. The predicted molar refractivity (Wildman–Crippen MR) is 84.8 cm³/mol. The standard InChI is InChI=1S/C15H21N3O2S/c1-4-5-14-12-16-10-11-18(14)13-6-8-15(9-7-13)21(19,20)17(2)3/h6-9,14,16H,10-12H2,1-3H3. The summed E-state index contributed by atoms with van der Waals surface area (Å²) in [5.41, 5.74) is 1.00. The van der Waals surface area contributed by atoms with Crippen molar-refractivity contribution in [1.82, 2.24) is 9.62 Å². The number of piperazine rings is 1. The molecule has 1 aliphatic heterocycles. The molecule has 0 aromatic heterocycles. The normalized spacial score (nSPS) is 19.2. The van der Waals surface area contributed by atoms with Crippen LogP contribution in [0, 0.1) is 11.8 Å². The van der Waals surface area contributed by atoms with Crippen LogP contribution >= 0.6 is 0 Å². The summed E-state index contributed by atoms with van der Waals surface area (Å²) in [6, 6.07) is 7.14. The highest BCUT2D eigenvalue weighted by atomic mass is 32.2. The van der Waals surface area contributed by atoms with Gasteiger partial charge >= 0.3 is 0 Å². The summed E-state index contributed by atoms with van der Waals surface area (Å²) in [4.78, 5) is 2.52. The Morgan fingerprint density at radius 2 is 1.95 bits per heavy atom. The molecule has 1 unspecified atom stereocenters. The highest BCUT2D eigenvalue weighted by molar-refractivity contribution is 7.89. The molecule has 6 heteroatoms. The quantitative estimate of drug-likeness (QED) is 0.837. The minimum Gasteiger partial charge on any atom is -0.355 e. The summed E-state index contributed by atoms with van der Waals surface area (Å²) in [5, 5.41) is 3.32. The van der Waals surface area contributed by atoms with E-state index in [1.807, 2.05) is 19.1 Å². The van der Waals surface area contributed by atoms with Crippen LogP contribution in [-0.4, -0.2) is 52.5 Å². The monoisotopic (exact) mass is 307 g/mol. The Bertz CT molecular complexity index is 642. The van der Waals surface area contributed by atoms with E-state index in [1.54, 1.807) is 12.1 Å². The lowest BCUT2D eigenvalue weighted by molar-refractivity contribution is 0.520. The molecule has 1 heterocycles. The van der Waals surface area contributed by atoms with Gasteiger partial charge in [-0.05, 0) is 31.2 Å². The van der Waals surface area contributed by atoms with Crippen molar-refractivity contribution < 1.29 is 8.42 Å². The maximum atomic E-state index is 12.1. The fourth-order valence-corrected chi connectivity index (χ4v) is 3.23. The van der Waals surface area contributed by atoms with Gasteiger partial charge in [-0.25, -0.2) is 12.7 Å². The summed E-state index contributed by atoms with van der Waals surface area (Å²) in [5.74, 6) is 6.14. The third kappa shape index (κ3) is 3.38. The number of anilines is 1. The summed E-state index contributed by atoms with van der Waals surface area (Å²) in [6.07, 6.45) is 0. The molecule has 0 spiro atoms. The first-order chi connectivity index (χ1) is 9.96. The Morgan fingerprint density at radius 3 is 2.52 bits per heavy atom. The van der Waals surface area contributed by atoms with E-state index >= 15 is 0 Å². The summed E-state index contributed by atoms with van der Waals surface area (Å²) in [6.45, 7) is 4.41. The van der Waals surface area contributed by atoms with E-state index < -0.39 is 10.0 Å². The molecule has 1 fully saturated rings. The predicted octanol–water partition coefficient (Wildman–Crippen LogP) is 0.738. The van der Waals surface area contributed by atoms with Crippen LogP contribution in [-0.2, 0) is 10.0 Å². The molecular weight excluding hydrogens is 286 g/mol. The Morgan fingerprint density at radius 1 is 1.29 bits per heavy atom. The number of rotatable bonds is 3. The number of nitrogens with one attached hydrogen (secondary N) is 1. The minimum absolute atomic E-state index is 0.125. The van der Waals surface area contributed by atoms with E-state index in [0.717, 1.165) is 25.3 Å². The van der Waals surface area contributed by atoms with Crippen molar-refractivity contribution in [2.24, 2.45) is 0 Å². The Balaban J connectivity index is 2.27. The van der Waals surface area contributed by atoms with Gasteiger partial charge in [0.05, 0.1) is 4.90 Å². The van der Waals surface area contributed by atoms with E-state index in [-0.39, 0.29) is 6.04 Å². The molecular formula is C15H21N3O2S. The first kappa shape index (κ1) is 15.8. The van der Waals surface area contributed by atoms with Crippen molar-refractivity contribution in [3.05, 3.63) is 24.3 Å². The fourth-order valence-electron chi connectivity index (χ4n) is 2.33. The number of hydrogen-bond donors (Lipinski definition) is 1. The number of sulfonamides is 1. The zero-order valence-corrected chi connectivity index (χ0v) is 13.4. The first-order valence-electron chi connectivity index (χ1n) is 6.89. The maximum Gasteiger partial charge on any atom is 0.242 e. The van der Waals surface area contributed by atoms with Gasteiger partial charge in [0.1, 0.15) is 6.04 Å². The van der Waals surface area contributed by atoms with Gasteiger partial charge in [0.15, 0.2) is 0 Å². The Kier molecular flexibility index (Phi) is 4.88. The van der Waals surface area contributed by atoms with Crippen LogP contribution in [0.1, 0.15) is 6.92 Å². The molecule has 114 valence electrons. The Labute approximate surface area is 127 Å². The molecule has 0 radical (unpaired) electrons. The molecule has 0 bridgehead atoms. The van der Waals surface area contributed by atoms with Crippen molar-refractivity contribution in [2.75, 3.05) is 38.6 Å². The molecule has 1 aliphatic rings. The van der Waals surface area contributed by atoms with Gasteiger partial charge < -0.3 is 10.2 Å². The van der Waals surface area contributed by atoms with Gasteiger partial charge in [-0.1, -0.05) is 5.92 Å². The summed E-state index contributed by atoms with van der Waals surface area (Å²) in [7, 11) is -0.305. The van der Waals surface area contributed by atoms with Gasteiger partial charge in [-0.3, -0.25) is 0 Å². The van der Waals surface area contributed by atoms with E-state index in [1.165, 1.54) is 18.4 Å². The fraction of sp³-hybridized carbons (Fsp3) is 0.467. The smallest absolute Gasteiger partial charge is 0.242 e. The molecule has 0 amide bonds. The van der Waals surface area contributed by atoms with Gasteiger partial charge in [0.25, 0.3) is 0 Å². The van der Waals surface area contributed by atoms with E-state index in [9.17, 15) is 8.42 Å². The molecule has 0 saturated carbocycles. The lowest BCUT2D eigenvalue weighted by Gasteiger charge is -2.35. The minimum atomic E-state index is -3.37. The van der Waals surface area contributed by atoms with Crippen molar-refractivity contribution in [1.29, 1.82) is 0 Å². The second-order valence-corrected chi connectivity index (χ2v) is 7.24. The summed E-state index contributed by atoms with van der Waals surface area (Å²) >= 11 is 0. The zero-order valence-electron chi connectivity index (χ0n) is 12.6. The van der Waals surface area contributed by atoms with Gasteiger partial charge in [0.2, 0.25) is 10.0 Å². The third-order valence-electron chi connectivity index (χ3n) is 3.50. The van der Waals surface area contributed by atoms with Gasteiger partial charge in [0, 0.05) is 39.4 Å². The second-order valence-electron chi connectivity index (χ2n) is 5.09. The van der Waals surface area contributed by atoms with Crippen LogP contribution in [0.25, 0.3) is 0 Å². The lowest BCUT2D eigenvalue weighted by atomic mass is 10.1. The van der Waals surface area contributed by atoms with Crippen LogP contribution in [0.15, 0.2) is 29.2 Å². The van der Waals surface area contributed by atoms with Crippen LogP contribution in [0.5, 0.6) is 0 Å². The van der Waals surface area contributed by atoms with Crippen LogP contribution < -0.4 is 10.2 Å². The second kappa shape index (κ2) is 6.48. The van der Waals surface area contributed by atoms with Crippen molar-refractivity contribution in [3.63, 3.8) is 0 Å². The maximum absolute atomic E-state index is 12.1. The summed E-state index contributed by atoms with van der Waals surface area (Å²) < 4.78 is 25.4. The van der Waals surface area contributed by atoms with E-state index in [0.29, 0.717) is 4.90 Å². The average molecular weight is 307 g/mol. The molecule has 1 atom stereocenters. The molecule has 0 aliphatic carbocycles. The zero-order chi connectivity index (χ0) is 15.5. The topological polar surface area (TPSA) is 52.7 Å². The average Bonchev–Trinajstić information content (AvgIpc) is 2.48. The molecule has 5 nitrogen and oxygen atoms in total. The third-order valence-corrected chi connectivity index (χ3v) is 5.33. The van der Waals surface area contributed by atoms with Gasteiger partial charge in [-0.2, -0.15) is 0 Å².